The SMILES string of the molecule is CCCN(CCN(CCN(CC[C@H](C)CCCC(=O)O)CC(=O)O)CC(=O)NCc1cc(C)cc(/C(=N/N)NNC)c1)CC(=O)O. The molecule has 1 rings (SSSR count). The topological polar surface area (TPSA) is 213 Å². The van der Waals surface area contributed by atoms with Gasteiger partial charge in [-0.25, -0.2) is 5.43 Å². The molecule has 0 aliphatic rings. The minimum absolute atomic E-state index is 0.0506. The molecule has 0 radical (unpaired) electrons. The van der Waals surface area contributed by atoms with Gasteiger partial charge in [-0.05, 0) is 62.9 Å². The number of hydrazine groups is 1. The molecule has 0 aliphatic heterocycles. The maximum Gasteiger partial charge on any atom is 0.317 e. The number of rotatable bonds is 25. The van der Waals surface area contributed by atoms with E-state index in [9.17, 15) is 29.4 Å². The normalized spacial score (nSPS) is 12.5. The van der Waals surface area contributed by atoms with Crippen molar-refractivity contribution in [2.75, 3.05) is 66.0 Å². The number of hydrazone groups is 1. The molecule has 260 valence electrons. The zero-order valence-electron chi connectivity index (χ0n) is 27.8. The van der Waals surface area contributed by atoms with Crippen LogP contribution in [0.1, 0.15) is 62.6 Å². The Labute approximate surface area is 272 Å². The Balaban J connectivity index is 2.95. The third kappa shape index (κ3) is 18.2. The fourth-order valence-corrected chi connectivity index (χ4v) is 5.08. The van der Waals surface area contributed by atoms with Gasteiger partial charge in [-0.3, -0.25) is 33.9 Å². The number of amidine groups is 1. The van der Waals surface area contributed by atoms with Crippen LogP contribution in [0.3, 0.4) is 0 Å². The predicted molar refractivity (Wildman–Crippen MR) is 176 cm³/mol. The Morgan fingerprint density at radius 2 is 1.43 bits per heavy atom. The molecule has 0 aliphatic carbocycles. The molecule has 0 fully saturated rings. The highest BCUT2D eigenvalue weighted by Crippen LogP contribution is 2.13. The first-order valence-electron chi connectivity index (χ1n) is 15.8. The molecule has 0 spiro atoms. The van der Waals surface area contributed by atoms with Gasteiger partial charge in [0.1, 0.15) is 0 Å². The molecule has 0 bridgehead atoms. The van der Waals surface area contributed by atoms with E-state index >= 15 is 0 Å². The molecule has 0 aromatic heterocycles. The lowest BCUT2D eigenvalue weighted by molar-refractivity contribution is -0.139. The first kappa shape index (κ1) is 40.2. The Hall–Kier alpha value is -3.79. The highest BCUT2D eigenvalue weighted by atomic mass is 16.4. The minimum Gasteiger partial charge on any atom is -0.481 e. The molecular formula is C31H54N8O7. The van der Waals surface area contributed by atoms with Crippen LogP contribution in [0.4, 0.5) is 0 Å². The standard InChI is InChI=1S/C31H54N8O7/c1-5-10-37(21-29(43)44)12-14-39(15-13-38(22-30(45)46)11-9-23(2)7-6-8-28(41)42)20-27(40)34-19-25-16-24(3)17-26(18-25)31(35-32)36-33-4/h16-18,23,33H,5-15,19-22,32H2,1-4H3,(H,34,40)(H,35,36)(H,41,42)(H,43,44)(H,45,46)/t23-/m1/s1. The molecular weight excluding hydrogens is 596 g/mol. The third-order valence-corrected chi connectivity index (χ3v) is 7.39. The van der Waals surface area contributed by atoms with Gasteiger partial charge in [0.15, 0.2) is 5.84 Å². The Bertz CT molecular complexity index is 1130. The molecule has 1 amide bonds. The number of nitrogens with one attached hydrogen (secondary N) is 3. The van der Waals surface area contributed by atoms with E-state index in [0.717, 1.165) is 36.0 Å². The van der Waals surface area contributed by atoms with E-state index in [2.05, 4.69) is 21.3 Å². The first-order valence-corrected chi connectivity index (χ1v) is 15.8. The molecule has 0 saturated carbocycles. The molecule has 46 heavy (non-hydrogen) atoms. The van der Waals surface area contributed by atoms with Crippen molar-refractivity contribution in [3.63, 3.8) is 0 Å². The second-order valence-electron chi connectivity index (χ2n) is 11.6. The number of nitrogens with zero attached hydrogens (tertiary/aromatic N) is 4. The van der Waals surface area contributed by atoms with Crippen molar-refractivity contribution < 1.29 is 34.5 Å². The number of benzene rings is 1. The van der Waals surface area contributed by atoms with Crippen molar-refractivity contribution in [2.45, 2.75) is 59.4 Å². The van der Waals surface area contributed by atoms with Crippen molar-refractivity contribution in [3.05, 3.63) is 34.9 Å². The number of aliphatic carboxylic acids is 3. The number of carbonyl (C=O) groups excluding carboxylic acids is 1. The summed E-state index contributed by atoms with van der Waals surface area (Å²) in [6.45, 7) is 8.78. The van der Waals surface area contributed by atoms with Crippen LogP contribution >= 0.6 is 0 Å². The number of hydrogen-bond donors (Lipinski definition) is 7. The van der Waals surface area contributed by atoms with Gasteiger partial charge in [-0.15, -0.1) is 0 Å². The summed E-state index contributed by atoms with van der Waals surface area (Å²) in [6.07, 6.45) is 2.92. The molecule has 15 heteroatoms. The van der Waals surface area contributed by atoms with Crippen LogP contribution in [0.15, 0.2) is 23.3 Å². The largest absolute Gasteiger partial charge is 0.481 e. The average molecular weight is 651 g/mol. The summed E-state index contributed by atoms with van der Waals surface area (Å²) < 4.78 is 0. The molecule has 8 N–H and O–H groups in total. The van der Waals surface area contributed by atoms with Crippen molar-refractivity contribution in [1.29, 1.82) is 0 Å². The second-order valence-corrected chi connectivity index (χ2v) is 11.6. The molecule has 0 unspecified atom stereocenters. The quantitative estimate of drug-likeness (QED) is 0.0337. The second kappa shape index (κ2) is 22.7. The number of carboxylic acids is 3. The average Bonchev–Trinajstić information content (AvgIpc) is 2.97. The van der Waals surface area contributed by atoms with Crippen LogP contribution in [-0.4, -0.2) is 126 Å². The number of amides is 1. The smallest absolute Gasteiger partial charge is 0.317 e. The number of aryl methyl sites for hydroxylation is 1. The molecule has 15 nitrogen and oxygen atoms in total. The van der Waals surface area contributed by atoms with E-state index in [4.69, 9.17) is 10.9 Å². The van der Waals surface area contributed by atoms with Gasteiger partial charge >= 0.3 is 17.9 Å². The number of nitrogens with two attached hydrogens (primary N) is 1. The van der Waals surface area contributed by atoms with E-state index in [-0.39, 0.29) is 44.4 Å². The summed E-state index contributed by atoms with van der Waals surface area (Å²) in [6, 6.07) is 5.75. The van der Waals surface area contributed by atoms with Crippen LogP contribution in [0, 0.1) is 12.8 Å². The fourth-order valence-electron chi connectivity index (χ4n) is 5.08. The maximum atomic E-state index is 13.1. The van der Waals surface area contributed by atoms with Gasteiger partial charge in [0.2, 0.25) is 5.91 Å². The van der Waals surface area contributed by atoms with Gasteiger partial charge in [-0.2, -0.15) is 5.10 Å². The molecule has 1 atom stereocenters. The van der Waals surface area contributed by atoms with Crippen molar-refractivity contribution in [1.82, 2.24) is 30.9 Å². The highest BCUT2D eigenvalue weighted by molar-refractivity contribution is 5.98. The zero-order chi connectivity index (χ0) is 34.5. The maximum absolute atomic E-state index is 13.1. The molecule has 1 aromatic rings. The first-order chi connectivity index (χ1) is 21.9. The Kier molecular flexibility index (Phi) is 19.8. The highest BCUT2D eigenvalue weighted by Gasteiger charge is 2.18. The van der Waals surface area contributed by atoms with E-state index < -0.39 is 17.9 Å². The lowest BCUT2D eigenvalue weighted by atomic mass is 10.0. The fraction of sp³-hybridized carbons (Fsp3) is 0.645. The summed E-state index contributed by atoms with van der Waals surface area (Å²) in [5.41, 5.74) is 8.25. The van der Waals surface area contributed by atoms with E-state index in [1.54, 1.807) is 7.05 Å². The van der Waals surface area contributed by atoms with Crippen molar-refractivity contribution in [2.24, 2.45) is 16.9 Å². The zero-order valence-corrected chi connectivity index (χ0v) is 27.8. The number of carboxylic acid groups (broad SMARTS) is 3. The van der Waals surface area contributed by atoms with Crippen LogP contribution < -0.4 is 22.0 Å². The van der Waals surface area contributed by atoms with Crippen molar-refractivity contribution in [3.8, 4) is 0 Å². The van der Waals surface area contributed by atoms with Gasteiger partial charge in [0.05, 0.1) is 19.6 Å². The summed E-state index contributed by atoms with van der Waals surface area (Å²) >= 11 is 0. The monoisotopic (exact) mass is 650 g/mol. The van der Waals surface area contributed by atoms with Crippen LogP contribution in [0.2, 0.25) is 0 Å². The molecule has 0 heterocycles. The Morgan fingerprint density at radius 1 is 0.848 bits per heavy atom. The van der Waals surface area contributed by atoms with Gasteiger partial charge in [0.25, 0.3) is 0 Å². The van der Waals surface area contributed by atoms with Gasteiger partial charge < -0.3 is 31.9 Å². The van der Waals surface area contributed by atoms with Gasteiger partial charge in [-0.1, -0.05) is 31.9 Å². The number of hydrogen-bond acceptors (Lipinski definition) is 10. The summed E-state index contributed by atoms with van der Waals surface area (Å²) in [5.74, 6) is 3.28. The lowest BCUT2D eigenvalue weighted by Gasteiger charge is -2.29. The van der Waals surface area contributed by atoms with Crippen LogP contribution in [0.5, 0.6) is 0 Å². The predicted octanol–water partition coefficient (Wildman–Crippen LogP) is 0.722. The van der Waals surface area contributed by atoms with Crippen molar-refractivity contribution >= 4 is 29.7 Å². The van der Waals surface area contributed by atoms with Crippen LogP contribution in [0.25, 0.3) is 0 Å². The van der Waals surface area contributed by atoms with E-state index in [1.807, 2.05) is 53.7 Å². The molecule has 0 saturated heterocycles. The van der Waals surface area contributed by atoms with Crippen LogP contribution in [-0.2, 0) is 25.7 Å². The summed E-state index contributed by atoms with van der Waals surface area (Å²) in [7, 11) is 1.70. The summed E-state index contributed by atoms with van der Waals surface area (Å²) in [4.78, 5) is 52.5. The van der Waals surface area contributed by atoms with E-state index in [1.165, 1.54) is 0 Å². The Morgan fingerprint density at radius 3 is 1.96 bits per heavy atom. The van der Waals surface area contributed by atoms with E-state index in [0.29, 0.717) is 51.5 Å². The third-order valence-electron chi connectivity index (χ3n) is 7.39. The number of carbonyl (C=O) groups is 4. The van der Waals surface area contributed by atoms with Gasteiger partial charge in [0, 0.05) is 51.8 Å². The lowest BCUT2D eigenvalue weighted by Crippen LogP contribution is -2.46. The molecule has 1 aromatic carbocycles. The minimum atomic E-state index is -0.955. The summed E-state index contributed by atoms with van der Waals surface area (Å²) in [5, 5.41) is 34.5.